The van der Waals surface area contributed by atoms with Gasteiger partial charge in [0, 0.05) is 0 Å². The highest BCUT2D eigenvalue weighted by Gasteiger charge is 2.09. The average Bonchev–Trinajstić information content (AvgIpc) is 2.29. The summed E-state index contributed by atoms with van der Waals surface area (Å²) in [5, 5.41) is 0. The minimum absolute atomic E-state index is 0.774. The van der Waals surface area contributed by atoms with Crippen molar-refractivity contribution in [2.24, 2.45) is 0 Å². The van der Waals surface area contributed by atoms with Crippen molar-refractivity contribution in [1.82, 2.24) is 0 Å². The lowest BCUT2D eigenvalue weighted by Gasteiger charge is -2.16. The molecule has 0 bridgehead atoms. The summed E-state index contributed by atoms with van der Waals surface area (Å²) < 4.78 is 0. The number of hydrogen-bond acceptors (Lipinski definition) is 0. The summed E-state index contributed by atoms with van der Waals surface area (Å²) >= 11 is 0. The second kappa shape index (κ2) is 7.50. The fourth-order valence-corrected chi connectivity index (χ4v) is 2.14. The van der Waals surface area contributed by atoms with Crippen molar-refractivity contribution in [2.75, 3.05) is 0 Å². The van der Waals surface area contributed by atoms with Crippen LogP contribution in [0.15, 0.2) is 24.3 Å². The standard InChI is InChI=1S/C15H23/c1-3-5-7-11-14(10-4-2)15-12-8-6-9-13-15/h8-9,12-14H,3-5,7,10-11H2,1-2H3. The van der Waals surface area contributed by atoms with Crippen LogP contribution in [0.1, 0.15) is 63.9 Å². The SMILES string of the molecule is CCCCCC(CCC)c1cc[c]cc1. The molecule has 1 aromatic rings. The quantitative estimate of drug-likeness (QED) is 0.550. The Balaban J connectivity index is 2.50. The van der Waals surface area contributed by atoms with Crippen LogP contribution >= 0.6 is 0 Å². The molecule has 0 saturated heterocycles. The summed E-state index contributed by atoms with van der Waals surface area (Å²) in [6.45, 7) is 4.55. The Morgan fingerprint density at radius 1 is 1.00 bits per heavy atom. The van der Waals surface area contributed by atoms with Gasteiger partial charge in [-0.2, -0.15) is 0 Å². The zero-order valence-corrected chi connectivity index (χ0v) is 10.1. The number of hydrogen-bond donors (Lipinski definition) is 0. The van der Waals surface area contributed by atoms with Crippen LogP contribution in [0.3, 0.4) is 0 Å². The molecule has 0 amide bonds. The monoisotopic (exact) mass is 203 g/mol. The Hall–Kier alpha value is -0.780. The molecular formula is C15H23. The van der Waals surface area contributed by atoms with E-state index >= 15 is 0 Å². The average molecular weight is 203 g/mol. The Kier molecular flexibility index (Phi) is 6.15. The fraction of sp³-hybridized carbons (Fsp3) is 0.600. The summed E-state index contributed by atoms with van der Waals surface area (Å²) in [6.07, 6.45) is 8.04. The third-order valence-corrected chi connectivity index (χ3v) is 3.01. The van der Waals surface area contributed by atoms with Crippen LogP contribution in [-0.2, 0) is 0 Å². The topological polar surface area (TPSA) is 0 Å². The zero-order chi connectivity index (χ0) is 10.9. The summed E-state index contributed by atoms with van der Waals surface area (Å²) in [6, 6.07) is 11.6. The number of benzene rings is 1. The third-order valence-electron chi connectivity index (χ3n) is 3.01. The first-order chi connectivity index (χ1) is 7.38. The van der Waals surface area contributed by atoms with Crippen molar-refractivity contribution in [3.63, 3.8) is 0 Å². The highest BCUT2D eigenvalue weighted by atomic mass is 14.1. The van der Waals surface area contributed by atoms with Crippen LogP contribution in [0.4, 0.5) is 0 Å². The molecule has 0 heterocycles. The lowest BCUT2D eigenvalue weighted by atomic mass is 9.89. The number of unbranched alkanes of at least 4 members (excludes halogenated alkanes) is 2. The van der Waals surface area contributed by atoms with Gasteiger partial charge in [-0.05, 0) is 30.4 Å². The van der Waals surface area contributed by atoms with Gasteiger partial charge in [-0.25, -0.2) is 0 Å². The molecule has 1 radical (unpaired) electrons. The van der Waals surface area contributed by atoms with E-state index in [1.54, 1.807) is 0 Å². The van der Waals surface area contributed by atoms with Gasteiger partial charge in [0.1, 0.15) is 0 Å². The van der Waals surface area contributed by atoms with E-state index in [4.69, 9.17) is 0 Å². The molecule has 0 aromatic heterocycles. The first-order valence-electron chi connectivity index (χ1n) is 6.34. The van der Waals surface area contributed by atoms with Crippen LogP contribution in [0.2, 0.25) is 0 Å². The van der Waals surface area contributed by atoms with Crippen molar-refractivity contribution in [3.8, 4) is 0 Å². The Morgan fingerprint density at radius 3 is 2.33 bits per heavy atom. The van der Waals surface area contributed by atoms with E-state index < -0.39 is 0 Å². The molecule has 1 unspecified atom stereocenters. The van der Waals surface area contributed by atoms with Crippen LogP contribution in [0.5, 0.6) is 0 Å². The predicted molar refractivity (Wildman–Crippen MR) is 67.1 cm³/mol. The molecule has 0 spiro atoms. The molecule has 1 rings (SSSR count). The first-order valence-corrected chi connectivity index (χ1v) is 6.34. The molecule has 0 nitrogen and oxygen atoms in total. The molecule has 0 aliphatic heterocycles. The van der Waals surface area contributed by atoms with Gasteiger partial charge >= 0.3 is 0 Å². The molecule has 1 aromatic carbocycles. The largest absolute Gasteiger partial charge is 0.0654 e. The van der Waals surface area contributed by atoms with Crippen molar-refractivity contribution < 1.29 is 0 Å². The predicted octanol–water partition coefficient (Wildman–Crippen LogP) is 4.95. The van der Waals surface area contributed by atoms with E-state index in [9.17, 15) is 0 Å². The van der Waals surface area contributed by atoms with Crippen LogP contribution in [0.25, 0.3) is 0 Å². The summed E-state index contributed by atoms with van der Waals surface area (Å²) in [4.78, 5) is 0. The normalized spacial score (nSPS) is 12.7. The molecule has 83 valence electrons. The minimum atomic E-state index is 0.774. The highest BCUT2D eigenvalue weighted by molar-refractivity contribution is 5.18. The van der Waals surface area contributed by atoms with E-state index in [2.05, 4.69) is 32.0 Å². The van der Waals surface area contributed by atoms with Gasteiger partial charge in [0.15, 0.2) is 0 Å². The summed E-state index contributed by atoms with van der Waals surface area (Å²) in [5.41, 5.74) is 1.51. The Bertz CT molecular complexity index is 237. The van der Waals surface area contributed by atoms with E-state index in [-0.39, 0.29) is 0 Å². The van der Waals surface area contributed by atoms with E-state index in [0.717, 1.165) is 5.92 Å². The zero-order valence-electron chi connectivity index (χ0n) is 10.1. The van der Waals surface area contributed by atoms with Gasteiger partial charge in [0.2, 0.25) is 0 Å². The first kappa shape index (κ1) is 12.3. The van der Waals surface area contributed by atoms with Crippen molar-refractivity contribution in [2.45, 2.75) is 58.3 Å². The maximum atomic E-state index is 3.10. The van der Waals surface area contributed by atoms with E-state index in [0.29, 0.717) is 0 Å². The second-order valence-electron chi connectivity index (χ2n) is 4.31. The molecule has 0 saturated carbocycles. The number of rotatable bonds is 7. The van der Waals surface area contributed by atoms with Gasteiger partial charge < -0.3 is 0 Å². The molecule has 0 aliphatic rings. The minimum Gasteiger partial charge on any atom is -0.0654 e. The molecule has 0 fully saturated rings. The molecule has 1 atom stereocenters. The lowest BCUT2D eigenvalue weighted by Crippen LogP contribution is -1.98. The lowest BCUT2D eigenvalue weighted by molar-refractivity contribution is 0.529. The summed E-state index contributed by atoms with van der Waals surface area (Å²) in [7, 11) is 0. The Labute approximate surface area is 94.7 Å². The van der Waals surface area contributed by atoms with Crippen molar-refractivity contribution in [3.05, 3.63) is 35.9 Å². The van der Waals surface area contributed by atoms with Crippen molar-refractivity contribution in [1.29, 1.82) is 0 Å². The van der Waals surface area contributed by atoms with Gasteiger partial charge in [-0.3, -0.25) is 0 Å². The molecular weight excluding hydrogens is 180 g/mol. The molecule has 0 N–H and O–H groups in total. The third kappa shape index (κ3) is 4.51. The highest BCUT2D eigenvalue weighted by Crippen LogP contribution is 2.26. The maximum Gasteiger partial charge on any atom is -0.0162 e. The van der Waals surface area contributed by atoms with Gasteiger partial charge in [-0.15, -0.1) is 0 Å². The summed E-state index contributed by atoms with van der Waals surface area (Å²) in [5.74, 6) is 0.774. The smallest absolute Gasteiger partial charge is 0.0162 e. The van der Waals surface area contributed by atoms with Gasteiger partial charge in [-0.1, -0.05) is 63.8 Å². The molecule has 0 heteroatoms. The van der Waals surface area contributed by atoms with Crippen LogP contribution in [0, 0.1) is 6.07 Å². The van der Waals surface area contributed by atoms with Gasteiger partial charge in [0.25, 0.3) is 0 Å². The van der Waals surface area contributed by atoms with Crippen LogP contribution in [-0.4, -0.2) is 0 Å². The second-order valence-corrected chi connectivity index (χ2v) is 4.31. The Morgan fingerprint density at radius 2 is 1.73 bits per heavy atom. The molecule has 15 heavy (non-hydrogen) atoms. The fourth-order valence-electron chi connectivity index (χ4n) is 2.14. The van der Waals surface area contributed by atoms with Gasteiger partial charge in [0.05, 0.1) is 0 Å². The van der Waals surface area contributed by atoms with E-state index in [1.807, 2.05) is 12.1 Å². The molecule has 0 aliphatic carbocycles. The maximum absolute atomic E-state index is 3.10. The van der Waals surface area contributed by atoms with E-state index in [1.165, 1.54) is 44.1 Å². The van der Waals surface area contributed by atoms with Crippen molar-refractivity contribution >= 4 is 0 Å². The van der Waals surface area contributed by atoms with Crippen LogP contribution < -0.4 is 0 Å².